The summed E-state index contributed by atoms with van der Waals surface area (Å²) in [4.78, 5) is 40.6. The lowest BCUT2D eigenvalue weighted by Gasteiger charge is -2.15. The van der Waals surface area contributed by atoms with E-state index in [1.54, 1.807) is 66.7 Å². The third kappa shape index (κ3) is 6.64. The van der Waals surface area contributed by atoms with Crippen LogP contribution in [0.2, 0.25) is 5.02 Å². The minimum absolute atomic E-state index is 0.0675. The Balaban J connectivity index is 1.14. The van der Waals surface area contributed by atoms with E-state index in [9.17, 15) is 14.4 Å². The molecule has 0 spiro atoms. The number of carbonyl (C=O) groups is 3. The van der Waals surface area contributed by atoms with E-state index in [1.807, 2.05) is 41.0 Å². The lowest BCUT2D eigenvalue weighted by molar-refractivity contribution is -0.113. The van der Waals surface area contributed by atoms with Gasteiger partial charge < -0.3 is 10.6 Å². The Labute approximate surface area is 265 Å². The van der Waals surface area contributed by atoms with Gasteiger partial charge in [-0.25, -0.2) is 0 Å². The summed E-state index contributed by atoms with van der Waals surface area (Å²) >= 11 is 7.49. The number of aryl methyl sites for hydroxylation is 1. The van der Waals surface area contributed by atoms with Crippen molar-refractivity contribution in [1.82, 2.24) is 9.88 Å². The van der Waals surface area contributed by atoms with Crippen LogP contribution in [0.4, 0.5) is 5.69 Å². The molecule has 0 radical (unpaired) electrons. The van der Waals surface area contributed by atoms with Gasteiger partial charge in [0.2, 0.25) is 5.91 Å². The molecular weight excluding hydrogens is 590 g/mol. The second-order valence-electron chi connectivity index (χ2n) is 10.6. The first kappa shape index (κ1) is 29.5. The zero-order valence-electron chi connectivity index (χ0n) is 23.9. The van der Waals surface area contributed by atoms with E-state index in [0.717, 1.165) is 41.8 Å². The summed E-state index contributed by atoms with van der Waals surface area (Å²) in [6.45, 7) is 0. The van der Waals surface area contributed by atoms with E-state index in [-0.39, 0.29) is 11.6 Å². The van der Waals surface area contributed by atoms with Gasteiger partial charge in [-0.2, -0.15) is 0 Å². The van der Waals surface area contributed by atoms with Crippen LogP contribution in [0.3, 0.4) is 0 Å². The first-order valence-electron chi connectivity index (χ1n) is 14.5. The van der Waals surface area contributed by atoms with Crippen LogP contribution in [-0.2, 0) is 17.6 Å². The molecule has 1 aromatic heterocycles. The van der Waals surface area contributed by atoms with Gasteiger partial charge in [0.05, 0.1) is 11.3 Å². The molecule has 0 unspecified atom stereocenters. The van der Waals surface area contributed by atoms with Crippen molar-refractivity contribution in [2.24, 2.45) is 0 Å². The number of halogens is 1. The molecule has 0 aliphatic heterocycles. The van der Waals surface area contributed by atoms with Crippen LogP contribution in [0, 0.1) is 0 Å². The van der Waals surface area contributed by atoms with Crippen LogP contribution in [0.15, 0.2) is 114 Å². The van der Waals surface area contributed by atoms with Crippen LogP contribution in [0.1, 0.15) is 44.8 Å². The summed E-state index contributed by atoms with van der Waals surface area (Å²) in [6, 6.07) is 31.2. The van der Waals surface area contributed by atoms with Gasteiger partial charge in [0.15, 0.2) is 0 Å². The number of para-hydroxylation sites is 1. The van der Waals surface area contributed by atoms with Crippen molar-refractivity contribution in [3.8, 4) is 0 Å². The fourth-order valence-corrected chi connectivity index (χ4v) is 6.36. The van der Waals surface area contributed by atoms with Gasteiger partial charge in [-0.1, -0.05) is 60.1 Å². The molecule has 0 fully saturated rings. The van der Waals surface area contributed by atoms with Gasteiger partial charge >= 0.3 is 0 Å². The maximum absolute atomic E-state index is 13.4. The number of aromatic nitrogens is 1. The number of hydrogen-bond acceptors (Lipinski definition) is 4. The van der Waals surface area contributed by atoms with E-state index in [0.29, 0.717) is 27.6 Å². The van der Waals surface area contributed by atoms with E-state index >= 15 is 0 Å². The predicted octanol–water partition coefficient (Wildman–Crippen LogP) is 8.02. The fraction of sp³-hybridized carbons (Fsp3) is 0.139. The van der Waals surface area contributed by atoms with Crippen LogP contribution in [0.25, 0.3) is 17.0 Å². The first-order valence-corrected chi connectivity index (χ1v) is 15.8. The van der Waals surface area contributed by atoms with Crippen molar-refractivity contribution in [3.63, 3.8) is 0 Å². The quantitative estimate of drug-likeness (QED) is 0.136. The van der Waals surface area contributed by atoms with E-state index in [1.165, 1.54) is 22.7 Å². The summed E-state index contributed by atoms with van der Waals surface area (Å²) in [5.74, 6) is -0.493. The standard InChI is InChI=1S/C36H30ClN3O3S/c37-26-16-14-24(15-17-26)22-31(39-35(42)25-8-2-1-3-9-25)36(43)38-27-18-20-28(21-19-27)44-23-34(41)40-32-12-6-4-10-29(32)30-11-5-7-13-33(30)40/h1-4,6,8-10,12,14-22H,5,7,11,13,23H2,(H,38,43)(H,39,42)/b31-22-. The van der Waals surface area contributed by atoms with Crippen LogP contribution < -0.4 is 10.6 Å². The van der Waals surface area contributed by atoms with Gasteiger partial charge in [0, 0.05) is 32.2 Å². The lowest BCUT2D eigenvalue weighted by atomic mass is 9.96. The third-order valence-corrected chi connectivity index (χ3v) is 8.86. The van der Waals surface area contributed by atoms with Crippen molar-refractivity contribution in [2.75, 3.05) is 11.1 Å². The predicted molar refractivity (Wildman–Crippen MR) is 178 cm³/mol. The van der Waals surface area contributed by atoms with Crippen LogP contribution in [0.5, 0.6) is 0 Å². The number of benzene rings is 4. The number of fused-ring (bicyclic) bond motifs is 3. The normalized spacial score (nSPS) is 12.9. The van der Waals surface area contributed by atoms with E-state index in [4.69, 9.17) is 11.6 Å². The highest BCUT2D eigenvalue weighted by molar-refractivity contribution is 8.00. The van der Waals surface area contributed by atoms with Gasteiger partial charge in [-0.15, -0.1) is 11.8 Å². The smallest absolute Gasteiger partial charge is 0.272 e. The van der Waals surface area contributed by atoms with Crippen molar-refractivity contribution < 1.29 is 14.4 Å². The third-order valence-electron chi connectivity index (χ3n) is 7.61. The highest BCUT2D eigenvalue weighted by Crippen LogP contribution is 2.33. The number of amides is 2. The first-order chi connectivity index (χ1) is 21.5. The van der Waals surface area contributed by atoms with Gasteiger partial charge in [0.25, 0.3) is 11.8 Å². The molecular formula is C36H30ClN3O3S. The Morgan fingerprint density at radius 2 is 1.52 bits per heavy atom. The second-order valence-corrected chi connectivity index (χ2v) is 12.1. The number of anilines is 1. The number of nitrogens with zero attached hydrogens (tertiary/aromatic N) is 1. The largest absolute Gasteiger partial charge is 0.321 e. The molecule has 4 aromatic carbocycles. The number of carbonyl (C=O) groups excluding carboxylic acids is 3. The molecule has 8 heteroatoms. The van der Waals surface area contributed by atoms with Crippen LogP contribution >= 0.6 is 23.4 Å². The lowest BCUT2D eigenvalue weighted by Crippen LogP contribution is -2.30. The highest BCUT2D eigenvalue weighted by atomic mass is 35.5. The molecule has 1 aliphatic rings. The molecule has 2 N–H and O–H groups in total. The molecule has 44 heavy (non-hydrogen) atoms. The van der Waals surface area contributed by atoms with Crippen molar-refractivity contribution in [2.45, 2.75) is 30.6 Å². The van der Waals surface area contributed by atoms with Crippen molar-refractivity contribution in [3.05, 3.63) is 136 Å². The molecule has 2 amide bonds. The zero-order valence-corrected chi connectivity index (χ0v) is 25.5. The number of nitrogens with one attached hydrogen (secondary N) is 2. The SMILES string of the molecule is O=C(Nc1ccc(SCC(=O)n2c3c(c4ccccc42)CCCC3)cc1)/C(=C/c1ccc(Cl)cc1)NC(=O)c1ccccc1. The van der Waals surface area contributed by atoms with Gasteiger partial charge in [0.1, 0.15) is 5.70 Å². The maximum Gasteiger partial charge on any atom is 0.272 e. The van der Waals surface area contributed by atoms with Crippen LogP contribution in [-0.4, -0.2) is 28.0 Å². The number of hydrogen-bond donors (Lipinski definition) is 2. The monoisotopic (exact) mass is 619 g/mol. The fourth-order valence-electron chi connectivity index (χ4n) is 5.49. The Morgan fingerprint density at radius 3 is 2.30 bits per heavy atom. The molecule has 1 heterocycles. The Bertz CT molecular complexity index is 1860. The molecule has 220 valence electrons. The summed E-state index contributed by atoms with van der Waals surface area (Å²) in [5.41, 5.74) is 5.26. The molecule has 1 aliphatic carbocycles. The zero-order chi connectivity index (χ0) is 30.5. The molecule has 0 atom stereocenters. The molecule has 5 aromatic rings. The molecule has 6 nitrogen and oxygen atoms in total. The van der Waals surface area contributed by atoms with E-state index < -0.39 is 11.8 Å². The summed E-state index contributed by atoms with van der Waals surface area (Å²) in [5, 5.41) is 7.37. The van der Waals surface area contributed by atoms with E-state index in [2.05, 4.69) is 16.7 Å². The molecule has 0 saturated carbocycles. The molecule has 6 rings (SSSR count). The molecule has 0 saturated heterocycles. The minimum Gasteiger partial charge on any atom is -0.321 e. The summed E-state index contributed by atoms with van der Waals surface area (Å²) in [7, 11) is 0. The average molecular weight is 620 g/mol. The van der Waals surface area contributed by atoms with Crippen molar-refractivity contribution >= 4 is 63.8 Å². The second kappa shape index (κ2) is 13.4. The summed E-state index contributed by atoms with van der Waals surface area (Å²) in [6.07, 6.45) is 5.80. The highest BCUT2D eigenvalue weighted by Gasteiger charge is 2.23. The molecule has 0 bridgehead atoms. The summed E-state index contributed by atoms with van der Waals surface area (Å²) < 4.78 is 1.92. The van der Waals surface area contributed by atoms with Gasteiger partial charge in [-0.05, 0) is 97.5 Å². The topological polar surface area (TPSA) is 80.2 Å². The Hall–Kier alpha value is -4.59. The Kier molecular flexibility index (Phi) is 8.96. The van der Waals surface area contributed by atoms with Crippen molar-refractivity contribution in [1.29, 1.82) is 0 Å². The average Bonchev–Trinajstić information content (AvgIpc) is 3.40. The Morgan fingerprint density at radius 1 is 0.818 bits per heavy atom. The maximum atomic E-state index is 13.4. The number of rotatable bonds is 8. The number of thioether (sulfide) groups is 1. The minimum atomic E-state index is -0.468. The van der Waals surface area contributed by atoms with Gasteiger partial charge in [-0.3, -0.25) is 19.0 Å².